The van der Waals surface area contributed by atoms with E-state index in [1.807, 2.05) is 0 Å². The lowest BCUT2D eigenvalue weighted by atomic mass is 10.1. The van der Waals surface area contributed by atoms with E-state index in [1.54, 1.807) is 41.8 Å². The largest absolute Gasteiger partial charge is 0.350 e. The van der Waals surface area contributed by atoms with Crippen molar-refractivity contribution < 1.29 is 18.4 Å². The van der Waals surface area contributed by atoms with E-state index >= 15 is 0 Å². The van der Waals surface area contributed by atoms with Crippen LogP contribution in [0.4, 0.5) is 14.5 Å². The molecule has 4 rings (SSSR count). The number of benzene rings is 2. The van der Waals surface area contributed by atoms with Gasteiger partial charge in [0.15, 0.2) is 11.6 Å². The minimum atomic E-state index is -1.06. The van der Waals surface area contributed by atoms with E-state index in [0.29, 0.717) is 15.5 Å². The second kappa shape index (κ2) is 7.77. The third kappa shape index (κ3) is 3.66. The van der Waals surface area contributed by atoms with E-state index in [0.717, 1.165) is 17.0 Å². The topological polar surface area (TPSA) is 49.4 Å². The standard InChI is InChI=1S/C21H13ClF2N2O2S/c22-14-5-2-1-4-12(14)11-26-20(27)18(17-6-3-9-29-17)19(21(26)28)25-13-7-8-15(23)16(24)10-13/h1-10,25H,11H2. The van der Waals surface area contributed by atoms with E-state index in [1.165, 1.54) is 17.4 Å². The number of hydrogen-bond donors (Lipinski definition) is 1. The van der Waals surface area contributed by atoms with E-state index in [4.69, 9.17) is 11.6 Å². The van der Waals surface area contributed by atoms with Gasteiger partial charge in [-0.05, 0) is 35.2 Å². The molecule has 8 heteroatoms. The molecular formula is C21H13ClF2N2O2S. The second-order valence-electron chi connectivity index (χ2n) is 6.27. The van der Waals surface area contributed by atoms with Crippen molar-refractivity contribution in [1.82, 2.24) is 4.90 Å². The van der Waals surface area contributed by atoms with Gasteiger partial charge in [0.25, 0.3) is 11.8 Å². The summed E-state index contributed by atoms with van der Waals surface area (Å²) in [6.45, 7) is -0.00479. The van der Waals surface area contributed by atoms with E-state index in [-0.39, 0.29) is 23.5 Å². The number of anilines is 1. The number of rotatable bonds is 5. The summed E-state index contributed by atoms with van der Waals surface area (Å²) in [6.07, 6.45) is 0. The van der Waals surface area contributed by atoms with Crippen LogP contribution >= 0.6 is 22.9 Å². The van der Waals surface area contributed by atoms with Crippen LogP contribution in [0.1, 0.15) is 10.4 Å². The van der Waals surface area contributed by atoms with Gasteiger partial charge >= 0.3 is 0 Å². The highest BCUT2D eigenvalue weighted by atomic mass is 35.5. The molecule has 1 aliphatic heterocycles. The van der Waals surface area contributed by atoms with Crippen LogP contribution in [0.3, 0.4) is 0 Å². The summed E-state index contributed by atoms with van der Waals surface area (Å²) in [4.78, 5) is 27.8. The number of carbonyl (C=O) groups is 2. The summed E-state index contributed by atoms with van der Waals surface area (Å²) in [6, 6.07) is 13.6. The zero-order valence-electron chi connectivity index (χ0n) is 14.8. The second-order valence-corrected chi connectivity index (χ2v) is 7.62. The average Bonchev–Trinajstić information content (AvgIpc) is 3.29. The number of halogens is 3. The third-order valence-electron chi connectivity index (χ3n) is 4.41. The number of nitrogens with zero attached hydrogens (tertiary/aromatic N) is 1. The zero-order valence-corrected chi connectivity index (χ0v) is 16.4. The van der Waals surface area contributed by atoms with Crippen LogP contribution in [0.5, 0.6) is 0 Å². The smallest absolute Gasteiger partial charge is 0.278 e. The van der Waals surface area contributed by atoms with Crippen molar-refractivity contribution in [1.29, 1.82) is 0 Å². The minimum Gasteiger partial charge on any atom is -0.350 e. The first-order valence-corrected chi connectivity index (χ1v) is 9.81. The Bertz CT molecular complexity index is 1150. The molecule has 0 saturated carbocycles. The van der Waals surface area contributed by atoms with Gasteiger partial charge in [-0.3, -0.25) is 14.5 Å². The van der Waals surface area contributed by atoms with Crippen molar-refractivity contribution in [2.24, 2.45) is 0 Å². The predicted octanol–water partition coefficient (Wildman–Crippen LogP) is 5.07. The first-order valence-electron chi connectivity index (χ1n) is 8.55. The molecule has 0 radical (unpaired) electrons. The Hall–Kier alpha value is -3.03. The fraction of sp³-hybridized carbons (Fsp3) is 0.0476. The Kier molecular flexibility index (Phi) is 5.17. The van der Waals surface area contributed by atoms with Crippen LogP contribution in [-0.4, -0.2) is 16.7 Å². The summed E-state index contributed by atoms with van der Waals surface area (Å²) < 4.78 is 26.8. The first-order chi connectivity index (χ1) is 14.0. The molecule has 1 aliphatic rings. The lowest BCUT2D eigenvalue weighted by molar-refractivity contribution is -0.137. The molecular weight excluding hydrogens is 418 g/mol. The maximum absolute atomic E-state index is 13.6. The Labute approximate surface area is 174 Å². The maximum Gasteiger partial charge on any atom is 0.278 e. The fourth-order valence-electron chi connectivity index (χ4n) is 3.00. The number of thiophene rings is 1. The molecule has 4 nitrogen and oxygen atoms in total. The lowest BCUT2D eigenvalue weighted by Gasteiger charge is -2.16. The summed E-state index contributed by atoms with van der Waals surface area (Å²) in [5, 5.41) is 5.01. The summed E-state index contributed by atoms with van der Waals surface area (Å²) in [7, 11) is 0. The molecule has 2 heterocycles. The maximum atomic E-state index is 13.6. The van der Waals surface area contributed by atoms with Crippen molar-refractivity contribution in [3.63, 3.8) is 0 Å². The fourth-order valence-corrected chi connectivity index (χ4v) is 3.96. The molecule has 0 saturated heterocycles. The highest BCUT2D eigenvalue weighted by Crippen LogP contribution is 2.34. The number of hydrogen-bond acceptors (Lipinski definition) is 4. The molecule has 2 aromatic carbocycles. The molecule has 2 amide bonds. The SMILES string of the molecule is O=C1C(Nc2ccc(F)c(F)c2)=C(c2cccs2)C(=O)N1Cc1ccccc1Cl. The quantitative estimate of drug-likeness (QED) is 0.575. The zero-order chi connectivity index (χ0) is 20.5. The summed E-state index contributed by atoms with van der Waals surface area (Å²) >= 11 is 7.48. The van der Waals surface area contributed by atoms with Gasteiger partial charge in [0, 0.05) is 21.7 Å². The van der Waals surface area contributed by atoms with Gasteiger partial charge in [0.1, 0.15) is 5.70 Å². The van der Waals surface area contributed by atoms with E-state index in [9.17, 15) is 18.4 Å². The van der Waals surface area contributed by atoms with Crippen molar-refractivity contribution in [3.05, 3.63) is 92.8 Å². The van der Waals surface area contributed by atoms with Gasteiger partial charge in [0.05, 0.1) is 12.1 Å². The van der Waals surface area contributed by atoms with Crippen LogP contribution in [0.2, 0.25) is 5.02 Å². The molecule has 146 valence electrons. The van der Waals surface area contributed by atoms with Crippen molar-refractivity contribution in [2.75, 3.05) is 5.32 Å². The van der Waals surface area contributed by atoms with Crippen LogP contribution in [0.15, 0.2) is 65.7 Å². The molecule has 0 atom stereocenters. The third-order valence-corrected chi connectivity index (χ3v) is 5.67. The summed E-state index contributed by atoms with van der Waals surface area (Å²) in [5.74, 6) is -3.11. The Morgan fingerprint density at radius 1 is 0.966 bits per heavy atom. The molecule has 1 aromatic heterocycles. The van der Waals surface area contributed by atoms with Gasteiger partial charge in [0.2, 0.25) is 0 Å². The number of nitrogens with one attached hydrogen (secondary N) is 1. The van der Waals surface area contributed by atoms with Gasteiger partial charge in [-0.25, -0.2) is 8.78 Å². The van der Waals surface area contributed by atoms with Crippen molar-refractivity contribution in [3.8, 4) is 0 Å². The molecule has 0 fully saturated rings. The van der Waals surface area contributed by atoms with Crippen molar-refractivity contribution in [2.45, 2.75) is 6.54 Å². The molecule has 29 heavy (non-hydrogen) atoms. The number of imide groups is 1. The highest BCUT2D eigenvalue weighted by molar-refractivity contribution is 7.11. The van der Waals surface area contributed by atoms with Gasteiger partial charge in [-0.2, -0.15) is 0 Å². The van der Waals surface area contributed by atoms with Crippen LogP contribution < -0.4 is 5.32 Å². The highest BCUT2D eigenvalue weighted by Gasteiger charge is 2.39. The Morgan fingerprint density at radius 3 is 2.45 bits per heavy atom. The normalized spacial score (nSPS) is 14.1. The lowest BCUT2D eigenvalue weighted by Crippen LogP contribution is -2.32. The molecule has 0 aliphatic carbocycles. The molecule has 1 N–H and O–H groups in total. The van der Waals surface area contributed by atoms with E-state index < -0.39 is 23.4 Å². The number of amides is 2. The van der Waals surface area contributed by atoms with Gasteiger partial charge in [-0.15, -0.1) is 11.3 Å². The van der Waals surface area contributed by atoms with Crippen LogP contribution in [-0.2, 0) is 16.1 Å². The monoisotopic (exact) mass is 430 g/mol. The molecule has 3 aromatic rings. The Morgan fingerprint density at radius 2 is 1.76 bits per heavy atom. The van der Waals surface area contributed by atoms with Crippen LogP contribution in [0.25, 0.3) is 5.57 Å². The summed E-state index contributed by atoms with van der Waals surface area (Å²) in [5.41, 5.74) is 0.974. The molecule has 0 spiro atoms. The van der Waals surface area contributed by atoms with Crippen LogP contribution in [0, 0.1) is 11.6 Å². The van der Waals surface area contributed by atoms with Gasteiger partial charge < -0.3 is 5.32 Å². The Balaban J connectivity index is 1.72. The van der Waals surface area contributed by atoms with E-state index in [2.05, 4.69) is 5.32 Å². The van der Waals surface area contributed by atoms with Gasteiger partial charge in [-0.1, -0.05) is 35.9 Å². The predicted molar refractivity (Wildman–Crippen MR) is 108 cm³/mol. The first kappa shape index (κ1) is 19.3. The molecule has 0 bridgehead atoms. The van der Waals surface area contributed by atoms with Crippen molar-refractivity contribution >= 4 is 46.0 Å². The average molecular weight is 431 g/mol. The minimum absolute atomic E-state index is 0.00479. The molecule has 0 unspecified atom stereocenters. The number of carbonyl (C=O) groups excluding carboxylic acids is 2.